The van der Waals surface area contributed by atoms with E-state index < -0.39 is 20.9 Å². The number of hydrogen-bond acceptors (Lipinski definition) is 3. The van der Waals surface area contributed by atoms with E-state index in [1.165, 1.54) is 12.1 Å². The first-order valence-corrected chi connectivity index (χ1v) is 8.11. The number of aryl methyl sites for hydroxylation is 1. The van der Waals surface area contributed by atoms with Gasteiger partial charge in [0.05, 0.1) is 5.75 Å². The molecule has 1 saturated heterocycles. The Hall–Kier alpha value is -1.23. The first-order chi connectivity index (χ1) is 8.90. The van der Waals surface area contributed by atoms with Gasteiger partial charge in [-0.15, -0.1) is 0 Å². The van der Waals surface area contributed by atoms with Crippen LogP contribution in [0.15, 0.2) is 18.2 Å². The highest BCUT2D eigenvalue weighted by atomic mass is 32.2. The monoisotopic (exact) mass is 284 g/mol. The Morgan fingerprint density at radius 1 is 1.37 bits per heavy atom. The minimum absolute atomic E-state index is 0.00646. The Morgan fingerprint density at radius 2 is 2.11 bits per heavy atom. The Labute approximate surface area is 112 Å². The average molecular weight is 284 g/mol. The molecule has 1 aliphatic heterocycles. The lowest BCUT2D eigenvalue weighted by Gasteiger charge is -2.21. The molecular weight excluding hydrogens is 267 g/mol. The van der Waals surface area contributed by atoms with Gasteiger partial charge in [0.25, 0.3) is 0 Å². The van der Waals surface area contributed by atoms with E-state index in [9.17, 15) is 17.6 Å². The second-order valence-electron chi connectivity index (χ2n) is 5.07. The highest BCUT2D eigenvalue weighted by Gasteiger charge is 2.34. The molecule has 0 saturated carbocycles. The van der Waals surface area contributed by atoms with Crippen molar-refractivity contribution in [3.63, 3.8) is 0 Å². The molecule has 0 aliphatic carbocycles. The third kappa shape index (κ3) is 3.21. The van der Waals surface area contributed by atoms with Gasteiger partial charge >= 0.3 is 0 Å². The number of carbonyl (C=O) groups is 1. The van der Waals surface area contributed by atoms with E-state index in [1.807, 2.05) is 0 Å². The number of rotatable bonds is 3. The van der Waals surface area contributed by atoms with Crippen molar-refractivity contribution in [1.82, 2.24) is 0 Å². The minimum atomic E-state index is -3.31. The van der Waals surface area contributed by atoms with Crippen LogP contribution >= 0.6 is 0 Å². The van der Waals surface area contributed by atoms with Crippen LogP contribution < -0.4 is 0 Å². The van der Waals surface area contributed by atoms with Crippen LogP contribution in [0.4, 0.5) is 4.39 Å². The van der Waals surface area contributed by atoms with Gasteiger partial charge in [0.15, 0.2) is 15.6 Å². The number of halogens is 1. The molecule has 1 unspecified atom stereocenters. The molecule has 0 amide bonds. The van der Waals surface area contributed by atoms with Crippen molar-refractivity contribution < 1.29 is 17.6 Å². The Kier molecular flexibility index (Phi) is 4.04. The molecule has 0 radical (unpaired) electrons. The van der Waals surface area contributed by atoms with Crippen molar-refractivity contribution in [3.8, 4) is 0 Å². The lowest BCUT2D eigenvalue weighted by atomic mass is 10.00. The number of carbonyl (C=O) groups excluding carboxylic acids is 1. The summed E-state index contributed by atoms with van der Waals surface area (Å²) in [5.74, 6) is -0.626. The molecule has 0 N–H and O–H groups in total. The maximum Gasteiger partial charge on any atom is 0.160 e. The molecule has 3 nitrogen and oxygen atoms in total. The fourth-order valence-corrected chi connectivity index (χ4v) is 4.35. The summed E-state index contributed by atoms with van der Waals surface area (Å²) in [6.45, 7) is 1.79. The second-order valence-corrected chi connectivity index (χ2v) is 7.37. The molecule has 5 heteroatoms. The van der Waals surface area contributed by atoms with Gasteiger partial charge in [0.2, 0.25) is 0 Å². The van der Waals surface area contributed by atoms with Gasteiger partial charge in [-0.1, -0.05) is 12.5 Å². The summed E-state index contributed by atoms with van der Waals surface area (Å²) in [5.41, 5.74) is 1.38. The van der Waals surface area contributed by atoms with Gasteiger partial charge in [-0.25, -0.2) is 12.8 Å². The van der Waals surface area contributed by atoms with Crippen molar-refractivity contribution in [2.24, 2.45) is 0 Å². The van der Waals surface area contributed by atoms with Crippen LogP contribution in [0.1, 0.15) is 30.4 Å². The number of sulfone groups is 1. The molecule has 0 spiro atoms. The SMILES string of the molecule is Cc1ccc(F)cc1CC(=O)C1CCCCS1(=O)=O. The molecule has 104 valence electrons. The summed E-state index contributed by atoms with van der Waals surface area (Å²) in [4.78, 5) is 12.1. The first-order valence-electron chi connectivity index (χ1n) is 6.39. The summed E-state index contributed by atoms with van der Waals surface area (Å²) in [6.07, 6.45) is 1.78. The quantitative estimate of drug-likeness (QED) is 0.855. The van der Waals surface area contributed by atoms with Gasteiger partial charge < -0.3 is 0 Å². The van der Waals surface area contributed by atoms with E-state index in [1.54, 1.807) is 13.0 Å². The zero-order valence-electron chi connectivity index (χ0n) is 10.9. The average Bonchev–Trinajstić information content (AvgIpc) is 2.33. The molecule has 1 aromatic rings. The van der Waals surface area contributed by atoms with Gasteiger partial charge in [0.1, 0.15) is 11.1 Å². The lowest BCUT2D eigenvalue weighted by molar-refractivity contribution is -0.118. The zero-order valence-corrected chi connectivity index (χ0v) is 11.7. The number of benzene rings is 1. The fourth-order valence-electron chi connectivity index (χ4n) is 2.45. The topological polar surface area (TPSA) is 51.2 Å². The first kappa shape index (κ1) is 14.2. The normalized spacial score (nSPS) is 22.1. The molecular formula is C14H17FO3S. The predicted molar refractivity (Wildman–Crippen MR) is 71.3 cm³/mol. The molecule has 1 fully saturated rings. The number of ketones is 1. The van der Waals surface area contributed by atoms with Crippen LogP contribution in [0, 0.1) is 12.7 Å². The molecule has 1 aliphatic rings. The molecule has 0 aromatic heterocycles. The third-order valence-corrected chi connectivity index (χ3v) is 5.84. The van der Waals surface area contributed by atoms with Crippen molar-refractivity contribution in [3.05, 3.63) is 35.1 Å². The summed E-state index contributed by atoms with van der Waals surface area (Å²) >= 11 is 0. The molecule has 1 heterocycles. The predicted octanol–water partition coefficient (Wildman–Crippen LogP) is 2.21. The van der Waals surface area contributed by atoms with E-state index in [-0.39, 0.29) is 18.0 Å². The Morgan fingerprint density at radius 3 is 2.79 bits per heavy atom. The molecule has 19 heavy (non-hydrogen) atoms. The van der Waals surface area contributed by atoms with Crippen LogP contribution in [0.3, 0.4) is 0 Å². The lowest BCUT2D eigenvalue weighted by Crippen LogP contribution is -2.36. The minimum Gasteiger partial charge on any atom is -0.298 e. The molecule has 1 atom stereocenters. The number of Topliss-reactive ketones (excluding diaryl/α,β-unsaturated/α-hetero) is 1. The smallest absolute Gasteiger partial charge is 0.160 e. The van der Waals surface area contributed by atoms with Gasteiger partial charge in [-0.3, -0.25) is 4.79 Å². The standard InChI is InChI=1S/C14H17FO3S/c1-10-5-6-12(15)8-11(10)9-13(16)14-4-2-3-7-19(14,17)18/h5-6,8,14H,2-4,7,9H2,1H3. The van der Waals surface area contributed by atoms with Gasteiger partial charge in [-0.2, -0.15) is 0 Å². The Balaban J connectivity index is 2.19. The van der Waals surface area contributed by atoms with Crippen LogP contribution in [-0.4, -0.2) is 25.2 Å². The van der Waals surface area contributed by atoms with Crippen molar-refractivity contribution in [2.75, 3.05) is 5.75 Å². The van der Waals surface area contributed by atoms with Crippen molar-refractivity contribution in [1.29, 1.82) is 0 Å². The Bertz CT molecular complexity index is 593. The molecule has 1 aromatic carbocycles. The fraction of sp³-hybridized carbons (Fsp3) is 0.500. The number of hydrogen-bond donors (Lipinski definition) is 0. The van der Waals surface area contributed by atoms with Crippen LogP contribution in [0.2, 0.25) is 0 Å². The van der Waals surface area contributed by atoms with Gasteiger partial charge in [0, 0.05) is 6.42 Å². The largest absolute Gasteiger partial charge is 0.298 e. The molecule has 0 bridgehead atoms. The van der Waals surface area contributed by atoms with Crippen LogP contribution in [0.25, 0.3) is 0 Å². The van der Waals surface area contributed by atoms with E-state index in [2.05, 4.69) is 0 Å². The highest BCUT2D eigenvalue weighted by Crippen LogP contribution is 2.22. The van der Waals surface area contributed by atoms with Gasteiger partial charge in [-0.05, 0) is 43.0 Å². The van der Waals surface area contributed by atoms with E-state index in [4.69, 9.17) is 0 Å². The van der Waals surface area contributed by atoms with Crippen molar-refractivity contribution >= 4 is 15.6 Å². The van der Waals surface area contributed by atoms with E-state index in [0.717, 1.165) is 12.0 Å². The maximum absolute atomic E-state index is 13.2. The van der Waals surface area contributed by atoms with E-state index in [0.29, 0.717) is 18.4 Å². The molecule has 2 rings (SSSR count). The van der Waals surface area contributed by atoms with Crippen LogP contribution in [-0.2, 0) is 21.1 Å². The van der Waals surface area contributed by atoms with Crippen LogP contribution in [0.5, 0.6) is 0 Å². The summed E-state index contributed by atoms with van der Waals surface area (Å²) in [6, 6.07) is 4.25. The summed E-state index contributed by atoms with van der Waals surface area (Å²) in [5, 5.41) is -0.899. The third-order valence-electron chi connectivity index (χ3n) is 3.61. The van der Waals surface area contributed by atoms with E-state index >= 15 is 0 Å². The zero-order chi connectivity index (χ0) is 14.0. The maximum atomic E-state index is 13.2. The summed E-state index contributed by atoms with van der Waals surface area (Å²) in [7, 11) is -3.31. The van der Waals surface area contributed by atoms with Crippen molar-refractivity contribution in [2.45, 2.75) is 37.9 Å². The highest BCUT2D eigenvalue weighted by molar-refractivity contribution is 7.92. The second kappa shape index (κ2) is 5.41. The summed E-state index contributed by atoms with van der Waals surface area (Å²) < 4.78 is 36.9.